The number of hydrogen-bond acceptors (Lipinski definition) is 3. The molecule has 0 spiro atoms. The molecule has 0 aliphatic heterocycles. The van der Waals surface area contributed by atoms with Gasteiger partial charge in [-0.05, 0) is 48.3 Å². The van der Waals surface area contributed by atoms with Crippen molar-refractivity contribution in [1.82, 2.24) is 9.55 Å². The first-order valence-corrected chi connectivity index (χ1v) is 7.65. The summed E-state index contributed by atoms with van der Waals surface area (Å²) in [5.74, 6) is 0. The quantitative estimate of drug-likeness (QED) is 0.667. The third-order valence-corrected chi connectivity index (χ3v) is 4.90. The van der Waals surface area contributed by atoms with Gasteiger partial charge in [0.2, 0.25) is 0 Å². The van der Waals surface area contributed by atoms with E-state index in [1.165, 1.54) is 15.9 Å². The number of thiophene rings is 1. The molecular formula is C13H9BrN2OS2. The molecule has 1 N–H and O–H groups in total. The topological polar surface area (TPSA) is 37.8 Å². The summed E-state index contributed by atoms with van der Waals surface area (Å²) < 4.78 is 2.89. The smallest absolute Gasteiger partial charge is 0.267 e. The van der Waals surface area contributed by atoms with Gasteiger partial charge in [-0.15, -0.1) is 11.3 Å². The van der Waals surface area contributed by atoms with E-state index in [-0.39, 0.29) is 5.56 Å². The van der Waals surface area contributed by atoms with Crippen molar-refractivity contribution in [3.8, 4) is 5.69 Å². The van der Waals surface area contributed by atoms with Crippen LogP contribution in [0.3, 0.4) is 0 Å². The zero-order chi connectivity index (χ0) is 13.6. The molecule has 0 amide bonds. The summed E-state index contributed by atoms with van der Waals surface area (Å²) in [4.78, 5) is 16.4. The van der Waals surface area contributed by atoms with Crippen LogP contribution in [0, 0.1) is 11.7 Å². The van der Waals surface area contributed by atoms with Gasteiger partial charge in [0.05, 0.1) is 11.1 Å². The maximum atomic E-state index is 12.5. The monoisotopic (exact) mass is 352 g/mol. The Kier molecular flexibility index (Phi) is 3.16. The SMILES string of the molecule is Cc1ccc(-n2c(=S)[nH]c3sccc3c2=O)cc1Br. The highest BCUT2D eigenvalue weighted by atomic mass is 79.9. The van der Waals surface area contributed by atoms with Gasteiger partial charge in [-0.2, -0.15) is 0 Å². The molecule has 0 radical (unpaired) electrons. The lowest BCUT2D eigenvalue weighted by molar-refractivity contribution is 0.941. The molecule has 0 saturated carbocycles. The third-order valence-electron chi connectivity index (χ3n) is 2.94. The normalized spacial score (nSPS) is 11.1. The van der Waals surface area contributed by atoms with Crippen molar-refractivity contribution >= 4 is 49.7 Å². The lowest BCUT2D eigenvalue weighted by atomic mass is 10.2. The number of hydrogen-bond donors (Lipinski definition) is 1. The molecular weight excluding hydrogens is 344 g/mol. The molecule has 6 heteroatoms. The van der Waals surface area contributed by atoms with Gasteiger partial charge in [0.15, 0.2) is 4.77 Å². The van der Waals surface area contributed by atoms with E-state index >= 15 is 0 Å². The number of benzene rings is 1. The zero-order valence-electron chi connectivity index (χ0n) is 9.94. The van der Waals surface area contributed by atoms with Gasteiger partial charge in [-0.1, -0.05) is 22.0 Å². The molecule has 2 aromatic heterocycles. The van der Waals surface area contributed by atoms with Gasteiger partial charge < -0.3 is 4.98 Å². The van der Waals surface area contributed by atoms with Gasteiger partial charge in [0, 0.05) is 4.47 Å². The summed E-state index contributed by atoms with van der Waals surface area (Å²) in [7, 11) is 0. The van der Waals surface area contributed by atoms with E-state index in [0.717, 1.165) is 20.6 Å². The van der Waals surface area contributed by atoms with Crippen molar-refractivity contribution in [2.45, 2.75) is 6.92 Å². The van der Waals surface area contributed by atoms with E-state index in [0.29, 0.717) is 10.2 Å². The molecule has 3 aromatic rings. The van der Waals surface area contributed by atoms with Crippen LogP contribution in [0.2, 0.25) is 0 Å². The molecule has 0 aliphatic rings. The largest absolute Gasteiger partial charge is 0.323 e. The maximum absolute atomic E-state index is 12.5. The number of aromatic nitrogens is 2. The molecule has 0 fully saturated rings. The first kappa shape index (κ1) is 12.8. The molecule has 3 nitrogen and oxygen atoms in total. The molecule has 19 heavy (non-hydrogen) atoms. The fourth-order valence-electron chi connectivity index (χ4n) is 1.90. The summed E-state index contributed by atoms with van der Waals surface area (Å²) in [5.41, 5.74) is 1.79. The minimum atomic E-state index is -0.0873. The Morgan fingerprint density at radius 1 is 1.37 bits per heavy atom. The van der Waals surface area contributed by atoms with E-state index in [9.17, 15) is 4.79 Å². The second-order valence-corrected chi connectivity index (χ2v) is 6.32. The van der Waals surface area contributed by atoms with Crippen molar-refractivity contribution < 1.29 is 0 Å². The van der Waals surface area contributed by atoms with Crippen molar-refractivity contribution in [1.29, 1.82) is 0 Å². The number of halogens is 1. The fraction of sp³-hybridized carbons (Fsp3) is 0.0769. The van der Waals surface area contributed by atoms with E-state index in [4.69, 9.17) is 12.2 Å². The Labute approximate surface area is 126 Å². The highest BCUT2D eigenvalue weighted by Crippen LogP contribution is 2.21. The summed E-state index contributed by atoms with van der Waals surface area (Å²) in [5, 5.41) is 2.54. The Hall–Kier alpha value is -1.24. The van der Waals surface area contributed by atoms with Crippen LogP contribution in [-0.4, -0.2) is 9.55 Å². The summed E-state index contributed by atoms with van der Waals surface area (Å²) >= 11 is 10.2. The highest BCUT2D eigenvalue weighted by Gasteiger charge is 2.09. The first-order chi connectivity index (χ1) is 9.08. The molecule has 2 heterocycles. The number of H-pyrrole nitrogens is 1. The van der Waals surface area contributed by atoms with Gasteiger partial charge in [0.25, 0.3) is 5.56 Å². The van der Waals surface area contributed by atoms with Gasteiger partial charge in [-0.3, -0.25) is 9.36 Å². The van der Waals surface area contributed by atoms with Crippen LogP contribution >= 0.6 is 39.5 Å². The number of nitrogens with zero attached hydrogens (tertiary/aromatic N) is 1. The van der Waals surface area contributed by atoms with Gasteiger partial charge >= 0.3 is 0 Å². The fourth-order valence-corrected chi connectivity index (χ4v) is 3.40. The standard InChI is InChI=1S/C13H9BrN2OS2/c1-7-2-3-8(6-10(7)14)16-12(17)9-4-5-19-11(9)15-13(16)18/h2-6H,1H3,(H,15,18). The molecule has 3 rings (SSSR count). The van der Waals surface area contributed by atoms with Crippen LogP contribution in [0.25, 0.3) is 15.9 Å². The number of nitrogens with one attached hydrogen (secondary N) is 1. The Morgan fingerprint density at radius 2 is 2.16 bits per heavy atom. The van der Waals surface area contributed by atoms with E-state index in [2.05, 4.69) is 20.9 Å². The molecule has 0 saturated heterocycles. The molecule has 1 aromatic carbocycles. The van der Waals surface area contributed by atoms with Crippen molar-refractivity contribution in [2.75, 3.05) is 0 Å². The Balaban J connectivity index is 2.38. The minimum absolute atomic E-state index is 0.0873. The predicted molar refractivity (Wildman–Crippen MR) is 85.0 cm³/mol. The lowest BCUT2D eigenvalue weighted by Crippen LogP contribution is -2.19. The second-order valence-electron chi connectivity index (χ2n) is 4.17. The average Bonchev–Trinajstić information content (AvgIpc) is 2.82. The maximum Gasteiger partial charge on any atom is 0.267 e. The van der Waals surface area contributed by atoms with Crippen LogP contribution in [-0.2, 0) is 0 Å². The molecule has 0 bridgehead atoms. The third kappa shape index (κ3) is 2.09. The molecule has 0 atom stereocenters. The van der Waals surface area contributed by atoms with Crippen LogP contribution in [0.1, 0.15) is 5.56 Å². The van der Waals surface area contributed by atoms with Crippen molar-refractivity contribution in [3.63, 3.8) is 0 Å². The van der Waals surface area contributed by atoms with E-state index < -0.39 is 0 Å². The predicted octanol–water partition coefficient (Wildman–Crippen LogP) is 4.18. The number of fused-ring (bicyclic) bond motifs is 1. The van der Waals surface area contributed by atoms with Gasteiger partial charge in [-0.25, -0.2) is 0 Å². The number of aryl methyl sites for hydroxylation is 1. The first-order valence-electron chi connectivity index (χ1n) is 5.57. The molecule has 0 unspecified atom stereocenters. The second kappa shape index (κ2) is 4.70. The number of rotatable bonds is 1. The minimum Gasteiger partial charge on any atom is -0.323 e. The van der Waals surface area contributed by atoms with E-state index in [1.54, 1.807) is 0 Å². The summed E-state index contributed by atoms with van der Waals surface area (Å²) in [6.07, 6.45) is 0. The molecule has 96 valence electrons. The van der Waals surface area contributed by atoms with Crippen LogP contribution in [0.15, 0.2) is 38.9 Å². The van der Waals surface area contributed by atoms with Crippen LogP contribution in [0.5, 0.6) is 0 Å². The zero-order valence-corrected chi connectivity index (χ0v) is 13.2. The number of aromatic amines is 1. The van der Waals surface area contributed by atoms with Crippen molar-refractivity contribution in [2.24, 2.45) is 0 Å². The summed E-state index contributed by atoms with van der Waals surface area (Å²) in [6, 6.07) is 7.56. The lowest BCUT2D eigenvalue weighted by Gasteiger charge is -2.08. The van der Waals surface area contributed by atoms with Crippen LogP contribution < -0.4 is 5.56 Å². The highest BCUT2D eigenvalue weighted by molar-refractivity contribution is 9.10. The Morgan fingerprint density at radius 3 is 2.89 bits per heavy atom. The molecule has 0 aliphatic carbocycles. The summed E-state index contributed by atoms with van der Waals surface area (Å²) in [6.45, 7) is 2.00. The van der Waals surface area contributed by atoms with E-state index in [1.807, 2.05) is 36.6 Å². The van der Waals surface area contributed by atoms with Gasteiger partial charge in [0.1, 0.15) is 4.83 Å². The van der Waals surface area contributed by atoms with Crippen molar-refractivity contribution in [3.05, 3.63) is 54.8 Å². The Bertz CT molecular complexity index is 892. The van der Waals surface area contributed by atoms with Crippen LogP contribution in [0.4, 0.5) is 0 Å². The average molecular weight is 353 g/mol.